The Balaban J connectivity index is 3.45. The molecule has 8 heteroatoms. The molecule has 0 aromatic heterocycles. The number of nitrogens with one attached hydrogen (secondary N) is 2. The topological polar surface area (TPSA) is 117 Å². The first-order valence-electron chi connectivity index (χ1n) is 6.81. The van der Waals surface area contributed by atoms with Gasteiger partial charge in [0.2, 0.25) is 11.8 Å². The van der Waals surface area contributed by atoms with Crippen molar-refractivity contribution in [1.82, 2.24) is 10.6 Å². The van der Waals surface area contributed by atoms with Gasteiger partial charge in [-0.2, -0.15) is 0 Å². The Bertz CT molecular complexity index is 327. The lowest BCUT2D eigenvalue weighted by molar-refractivity contribution is -0.118. The highest BCUT2D eigenvalue weighted by Gasteiger charge is 2.07. The molecule has 0 aliphatic heterocycles. The van der Waals surface area contributed by atoms with Crippen LogP contribution in [0.1, 0.15) is 0 Å². The van der Waals surface area contributed by atoms with Gasteiger partial charge in [0, 0.05) is 13.1 Å². The maximum Gasteiger partial charge on any atom is 0.243 e. The lowest BCUT2D eigenvalue weighted by Gasteiger charge is -2.13. The molecule has 0 aliphatic carbocycles. The normalized spacial score (nSPS) is 13.0. The average molecular weight is 316 g/mol. The third-order valence-corrected chi connectivity index (χ3v) is 2.39. The number of aliphatic hydroxyl groups is 2. The van der Waals surface area contributed by atoms with Gasteiger partial charge in [0.1, 0.15) is 0 Å². The molecule has 0 rings (SSSR count). The molecule has 2 amide bonds. The monoisotopic (exact) mass is 316 g/mol. The van der Waals surface area contributed by atoms with Gasteiger partial charge in [0.05, 0.1) is 38.6 Å². The Hall–Kier alpha value is -1.74. The molecular formula is C14H24N2O6. The number of ether oxygens (including phenoxy) is 2. The zero-order valence-corrected chi connectivity index (χ0v) is 12.5. The predicted molar refractivity (Wildman–Crippen MR) is 80.1 cm³/mol. The van der Waals surface area contributed by atoms with Crippen LogP contribution in [0.3, 0.4) is 0 Å². The highest BCUT2D eigenvalue weighted by atomic mass is 16.5. The molecule has 0 bridgehead atoms. The molecule has 2 atom stereocenters. The summed E-state index contributed by atoms with van der Waals surface area (Å²) in [4.78, 5) is 21.7. The third-order valence-electron chi connectivity index (χ3n) is 2.39. The van der Waals surface area contributed by atoms with Crippen molar-refractivity contribution in [2.45, 2.75) is 12.2 Å². The van der Waals surface area contributed by atoms with E-state index in [1.165, 1.54) is 0 Å². The second-order valence-electron chi connectivity index (χ2n) is 4.36. The van der Waals surface area contributed by atoms with Crippen molar-refractivity contribution in [3.63, 3.8) is 0 Å². The summed E-state index contributed by atoms with van der Waals surface area (Å²) in [6.45, 7) is 7.30. The molecule has 0 saturated carbocycles. The molecule has 0 radical (unpaired) electrons. The molecular weight excluding hydrogens is 292 g/mol. The predicted octanol–water partition coefficient (Wildman–Crippen LogP) is -1.65. The lowest BCUT2D eigenvalue weighted by atomic mass is 10.3. The van der Waals surface area contributed by atoms with Crippen molar-refractivity contribution >= 4 is 11.8 Å². The van der Waals surface area contributed by atoms with Gasteiger partial charge in [-0.3, -0.25) is 9.59 Å². The number of hydrogen-bond donors (Lipinski definition) is 4. The summed E-state index contributed by atoms with van der Waals surface area (Å²) in [7, 11) is 0. The number of carbonyl (C=O) groups excluding carboxylic acids is 2. The van der Waals surface area contributed by atoms with Crippen molar-refractivity contribution in [3.8, 4) is 0 Å². The van der Waals surface area contributed by atoms with E-state index in [-0.39, 0.29) is 51.3 Å². The van der Waals surface area contributed by atoms with E-state index in [0.717, 1.165) is 12.2 Å². The van der Waals surface area contributed by atoms with Gasteiger partial charge < -0.3 is 30.3 Å². The van der Waals surface area contributed by atoms with Crippen molar-refractivity contribution in [2.75, 3.05) is 39.5 Å². The third kappa shape index (κ3) is 12.0. The summed E-state index contributed by atoms with van der Waals surface area (Å²) in [5, 5.41) is 23.8. The smallest absolute Gasteiger partial charge is 0.243 e. The minimum Gasteiger partial charge on any atom is -0.389 e. The van der Waals surface area contributed by atoms with Gasteiger partial charge in [0.15, 0.2) is 0 Å². The van der Waals surface area contributed by atoms with Gasteiger partial charge in [-0.15, -0.1) is 0 Å². The molecule has 0 fully saturated rings. The second kappa shape index (κ2) is 13.0. The van der Waals surface area contributed by atoms with Crippen LogP contribution in [0.25, 0.3) is 0 Å². The van der Waals surface area contributed by atoms with Crippen LogP contribution in [0, 0.1) is 0 Å². The molecule has 4 N–H and O–H groups in total. The van der Waals surface area contributed by atoms with E-state index >= 15 is 0 Å². The highest BCUT2D eigenvalue weighted by molar-refractivity contribution is 5.87. The highest BCUT2D eigenvalue weighted by Crippen LogP contribution is 1.88. The fourth-order valence-corrected chi connectivity index (χ4v) is 1.26. The quantitative estimate of drug-likeness (QED) is 0.239. The van der Waals surface area contributed by atoms with Crippen LogP contribution < -0.4 is 10.6 Å². The van der Waals surface area contributed by atoms with Crippen molar-refractivity contribution in [1.29, 1.82) is 0 Å². The van der Waals surface area contributed by atoms with Gasteiger partial charge in [-0.05, 0) is 12.2 Å². The first kappa shape index (κ1) is 20.3. The van der Waals surface area contributed by atoms with E-state index in [1.807, 2.05) is 0 Å². The van der Waals surface area contributed by atoms with Crippen LogP contribution in [0.4, 0.5) is 0 Å². The molecule has 0 heterocycles. The maximum absolute atomic E-state index is 10.9. The first-order valence-corrected chi connectivity index (χ1v) is 6.81. The Morgan fingerprint density at radius 3 is 1.59 bits per heavy atom. The number of carbonyl (C=O) groups is 2. The fraction of sp³-hybridized carbons (Fsp3) is 0.571. The lowest BCUT2D eigenvalue weighted by Crippen LogP contribution is -2.34. The standard InChI is InChI=1S/C14H24N2O6/c1-3-13(19)15-7-11(17)9-21-5-6-22-10-12(18)8-16-14(20)4-2/h3-4,11-12,17-18H,1-2,5-10H2,(H,15,19)(H,16,20). The fourth-order valence-electron chi connectivity index (χ4n) is 1.26. The van der Waals surface area contributed by atoms with E-state index in [4.69, 9.17) is 9.47 Å². The van der Waals surface area contributed by atoms with Gasteiger partial charge in [-0.25, -0.2) is 0 Å². The SMILES string of the molecule is C=CC(=O)NCC(O)COCCOCC(O)CNC(=O)C=C. The molecule has 2 unspecified atom stereocenters. The summed E-state index contributed by atoms with van der Waals surface area (Å²) >= 11 is 0. The van der Waals surface area contributed by atoms with Gasteiger partial charge >= 0.3 is 0 Å². The van der Waals surface area contributed by atoms with Crippen LogP contribution in [0.15, 0.2) is 25.3 Å². The Morgan fingerprint density at radius 1 is 0.909 bits per heavy atom. The number of amides is 2. The Labute approximate surface area is 129 Å². The van der Waals surface area contributed by atoms with Gasteiger partial charge in [0.25, 0.3) is 0 Å². The zero-order valence-electron chi connectivity index (χ0n) is 12.5. The molecule has 0 spiro atoms. The molecule has 0 aliphatic rings. The Kier molecular flexibility index (Phi) is 11.9. The van der Waals surface area contributed by atoms with Crippen LogP contribution >= 0.6 is 0 Å². The molecule has 0 saturated heterocycles. The molecule has 126 valence electrons. The molecule has 8 nitrogen and oxygen atoms in total. The summed E-state index contributed by atoms with van der Waals surface area (Å²) in [5.74, 6) is -0.722. The van der Waals surface area contributed by atoms with E-state index in [2.05, 4.69) is 23.8 Å². The molecule has 0 aromatic rings. The van der Waals surface area contributed by atoms with Crippen LogP contribution in [0.2, 0.25) is 0 Å². The average Bonchev–Trinajstić information content (AvgIpc) is 2.53. The van der Waals surface area contributed by atoms with Crippen LogP contribution in [0.5, 0.6) is 0 Å². The summed E-state index contributed by atoms with van der Waals surface area (Å²) < 4.78 is 10.3. The minimum atomic E-state index is -0.816. The van der Waals surface area contributed by atoms with E-state index in [9.17, 15) is 19.8 Å². The number of aliphatic hydroxyl groups excluding tert-OH is 2. The van der Waals surface area contributed by atoms with E-state index in [0.29, 0.717) is 0 Å². The molecule has 22 heavy (non-hydrogen) atoms. The number of hydrogen-bond acceptors (Lipinski definition) is 6. The maximum atomic E-state index is 10.9. The van der Waals surface area contributed by atoms with E-state index < -0.39 is 12.2 Å². The first-order chi connectivity index (χ1) is 10.5. The van der Waals surface area contributed by atoms with Crippen LogP contribution in [-0.4, -0.2) is 73.8 Å². The minimum absolute atomic E-state index is 0.0543. The zero-order chi connectivity index (χ0) is 16.8. The largest absolute Gasteiger partial charge is 0.389 e. The van der Waals surface area contributed by atoms with Crippen molar-refractivity contribution < 1.29 is 29.3 Å². The van der Waals surface area contributed by atoms with Crippen LogP contribution in [-0.2, 0) is 19.1 Å². The Morgan fingerprint density at radius 2 is 1.27 bits per heavy atom. The number of rotatable bonds is 13. The summed E-state index contributed by atoms with van der Waals surface area (Å²) in [6, 6.07) is 0. The van der Waals surface area contributed by atoms with Gasteiger partial charge in [-0.1, -0.05) is 13.2 Å². The molecule has 0 aromatic carbocycles. The van der Waals surface area contributed by atoms with Crippen molar-refractivity contribution in [2.24, 2.45) is 0 Å². The van der Waals surface area contributed by atoms with E-state index in [1.54, 1.807) is 0 Å². The van der Waals surface area contributed by atoms with Crippen molar-refractivity contribution in [3.05, 3.63) is 25.3 Å². The second-order valence-corrected chi connectivity index (χ2v) is 4.36. The summed E-state index contributed by atoms with van der Waals surface area (Å²) in [6.07, 6.45) is 0.598. The summed E-state index contributed by atoms with van der Waals surface area (Å²) in [5.41, 5.74) is 0.